The van der Waals surface area contributed by atoms with Crippen LogP contribution in [0.25, 0.3) is 0 Å². The van der Waals surface area contributed by atoms with Gasteiger partial charge in [0.25, 0.3) is 10.0 Å². The van der Waals surface area contributed by atoms with Crippen LogP contribution in [-0.4, -0.2) is 44.3 Å². The highest BCUT2D eigenvalue weighted by atomic mass is 32.2. The van der Waals surface area contributed by atoms with Gasteiger partial charge in [0.2, 0.25) is 11.8 Å². The van der Waals surface area contributed by atoms with Crippen molar-refractivity contribution >= 4 is 27.5 Å². The van der Waals surface area contributed by atoms with Gasteiger partial charge in [-0.05, 0) is 75.6 Å². The summed E-state index contributed by atoms with van der Waals surface area (Å²) >= 11 is 0. The van der Waals surface area contributed by atoms with Gasteiger partial charge in [-0.25, -0.2) is 12.8 Å². The van der Waals surface area contributed by atoms with Crippen molar-refractivity contribution in [3.63, 3.8) is 0 Å². The van der Waals surface area contributed by atoms with Crippen LogP contribution >= 0.6 is 0 Å². The first-order valence-corrected chi connectivity index (χ1v) is 14.4. The molecule has 3 rings (SSSR count). The van der Waals surface area contributed by atoms with Crippen LogP contribution < -0.4 is 9.62 Å². The lowest BCUT2D eigenvalue weighted by Crippen LogP contribution is -2.51. The molecule has 9 heteroatoms. The molecule has 3 aromatic carbocycles. The lowest BCUT2D eigenvalue weighted by Gasteiger charge is -2.32. The van der Waals surface area contributed by atoms with E-state index in [9.17, 15) is 22.4 Å². The molecule has 2 amide bonds. The van der Waals surface area contributed by atoms with Crippen LogP contribution in [0.5, 0.6) is 0 Å². The lowest BCUT2D eigenvalue weighted by molar-refractivity contribution is -0.139. The van der Waals surface area contributed by atoms with E-state index in [-0.39, 0.29) is 17.0 Å². The maximum atomic E-state index is 14.6. The first-order chi connectivity index (χ1) is 18.4. The Kier molecular flexibility index (Phi) is 9.86. The third-order valence-electron chi connectivity index (χ3n) is 6.40. The molecular formula is C30H36FN3O4S. The second-order valence-corrected chi connectivity index (χ2v) is 11.6. The molecule has 1 atom stereocenters. The normalized spacial score (nSPS) is 12.1. The summed E-state index contributed by atoms with van der Waals surface area (Å²) in [6.07, 6.45) is 0.703. The summed E-state index contributed by atoms with van der Waals surface area (Å²) in [6, 6.07) is 16.7. The van der Waals surface area contributed by atoms with Gasteiger partial charge in [0.15, 0.2) is 0 Å². The summed E-state index contributed by atoms with van der Waals surface area (Å²) in [5, 5.41) is 2.77. The number of carbonyl (C=O) groups is 2. The van der Waals surface area contributed by atoms with Crippen molar-refractivity contribution in [2.24, 2.45) is 0 Å². The van der Waals surface area contributed by atoms with Crippen LogP contribution in [0.2, 0.25) is 0 Å². The van der Waals surface area contributed by atoms with E-state index in [0.717, 1.165) is 21.0 Å². The Balaban J connectivity index is 2.06. The third-order valence-corrected chi connectivity index (χ3v) is 8.19. The smallest absolute Gasteiger partial charge is 0.264 e. The predicted molar refractivity (Wildman–Crippen MR) is 151 cm³/mol. The van der Waals surface area contributed by atoms with Gasteiger partial charge in [-0.1, -0.05) is 48.9 Å². The molecule has 0 radical (unpaired) electrons. The maximum absolute atomic E-state index is 14.6. The van der Waals surface area contributed by atoms with Gasteiger partial charge in [-0.2, -0.15) is 0 Å². The van der Waals surface area contributed by atoms with Crippen molar-refractivity contribution in [3.05, 3.63) is 94.8 Å². The topological polar surface area (TPSA) is 86.8 Å². The second-order valence-electron chi connectivity index (χ2n) is 9.75. The Labute approximate surface area is 230 Å². The van der Waals surface area contributed by atoms with Gasteiger partial charge in [-0.3, -0.25) is 13.9 Å². The molecule has 0 aliphatic carbocycles. The van der Waals surface area contributed by atoms with Crippen LogP contribution in [0, 0.1) is 26.6 Å². The van der Waals surface area contributed by atoms with Crippen molar-refractivity contribution in [1.82, 2.24) is 10.2 Å². The van der Waals surface area contributed by atoms with Crippen molar-refractivity contribution in [1.29, 1.82) is 0 Å². The second kappa shape index (κ2) is 12.9. The summed E-state index contributed by atoms with van der Waals surface area (Å²) in [5.74, 6) is -1.55. The Hall–Kier alpha value is -3.72. The molecule has 208 valence electrons. The van der Waals surface area contributed by atoms with Crippen LogP contribution in [0.4, 0.5) is 10.1 Å². The van der Waals surface area contributed by atoms with E-state index in [0.29, 0.717) is 18.7 Å². The van der Waals surface area contributed by atoms with E-state index in [1.807, 2.05) is 33.8 Å². The predicted octanol–water partition coefficient (Wildman–Crippen LogP) is 4.89. The molecule has 0 unspecified atom stereocenters. The van der Waals surface area contributed by atoms with Crippen LogP contribution in [-0.2, 0) is 26.2 Å². The Morgan fingerprint density at radius 2 is 1.54 bits per heavy atom. The van der Waals surface area contributed by atoms with Gasteiger partial charge in [-0.15, -0.1) is 0 Å². The number of sulfonamides is 1. The fourth-order valence-corrected chi connectivity index (χ4v) is 5.65. The van der Waals surface area contributed by atoms with Crippen LogP contribution in [0.1, 0.15) is 42.5 Å². The fourth-order valence-electron chi connectivity index (χ4n) is 4.25. The lowest BCUT2D eigenvalue weighted by atomic mass is 10.1. The SMILES string of the molecule is CCCNC(=O)[C@@H](C)N(Cc1ccccc1F)C(=O)CN(c1cc(C)cc(C)c1)S(=O)(=O)c1ccc(C)cc1. The minimum absolute atomic E-state index is 0.0365. The monoisotopic (exact) mass is 553 g/mol. The largest absolute Gasteiger partial charge is 0.354 e. The highest BCUT2D eigenvalue weighted by Gasteiger charge is 2.33. The molecule has 7 nitrogen and oxygen atoms in total. The highest BCUT2D eigenvalue weighted by Crippen LogP contribution is 2.27. The zero-order valence-electron chi connectivity index (χ0n) is 23.1. The third kappa shape index (κ3) is 7.44. The zero-order chi connectivity index (χ0) is 28.7. The molecule has 0 spiro atoms. The molecule has 0 saturated heterocycles. The molecule has 0 heterocycles. The number of nitrogens with one attached hydrogen (secondary N) is 1. The first kappa shape index (κ1) is 29.8. The van der Waals surface area contributed by atoms with Crippen molar-refractivity contribution < 1.29 is 22.4 Å². The van der Waals surface area contributed by atoms with Gasteiger partial charge in [0, 0.05) is 18.7 Å². The zero-order valence-corrected chi connectivity index (χ0v) is 23.9. The molecule has 0 bridgehead atoms. The summed E-state index contributed by atoms with van der Waals surface area (Å²) in [4.78, 5) is 28.0. The average Bonchev–Trinajstić information content (AvgIpc) is 2.89. The summed E-state index contributed by atoms with van der Waals surface area (Å²) in [6.45, 7) is 8.66. The number of amides is 2. The van der Waals surface area contributed by atoms with Crippen molar-refractivity contribution in [3.8, 4) is 0 Å². The molecule has 0 fully saturated rings. The standard InChI is InChI=1S/C30H36FN3O4S/c1-6-15-32-30(36)24(5)33(19-25-9-7-8-10-28(25)31)29(35)20-34(26-17-22(3)16-23(4)18-26)39(37,38)27-13-11-21(2)12-14-27/h7-14,16-18,24H,6,15,19-20H2,1-5H3,(H,32,36)/t24-/m1/s1. The van der Waals surface area contributed by atoms with E-state index in [1.165, 1.54) is 29.2 Å². The minimum Gasteiger partial charge on any atom is -0.354 e. The van der Waals surface area contributed by atoms with E-state index in [2.05, 4.69) is 5.32 Å². The van der Waals surface area contributed by atoms with Gasteiger partial charge < -0.3 is 10.2 Å². The van der Waals surface area contributed by atoms with Crippen molar-refractivity contribution in [2.45, 2.75) is 58.5 Å². The molecule has 39 heavy (non-hydrogen) atoms. The summed E-state index contributed by atoms with van der Waals surface area (Å²) in [7, 11) is -4.16. The highest BCUT2D eigenvalue weighted by molar-refractivity contribution is 7.92. The van der Waals surface area contributed by atoms with Gasteiger partial charge in [0.1, 0.15) is 18.4 Å². The number of aryl methyl sites for hydroxylation is 3. The average molecular weight is 554 g/mol. The van der Waals surface area contributed by atoms with E-state index >= 15 is 0 Å². The van der Waals surface area contributed by atoms with E-state index < -0.39 is 40.2 Å². The summed E-state index contributed by atoms with van der Waals surface area (Å²) in [5.41, 5.74) is 3.11. The molecule has 0 aliphatic heterocycles. The number of hydrogen-bond acceptors (Lipinski definition) is 4. The number of halogens is 1. The molecular weight excluding hydrogens is 517 g/mol. The van der Waals surface area contributed by atoms with Gasteiger partial charge >= 0.3 is 0 Å². The molecule has 0 saturated carbocycles. The minimum atomic E-state index is -4.16. The molecule has 3 aromatic rings. The molecule has 0 aromatic heterocycles. The quantitative estimate of drug-likeness (QED) is 0.366. The van der Waals surface area contributed by atoms with Crippen molar-refractivity contribution in [2.75, 3.05) is 17.4 Å². The summed E-state index contributed by atoms with van der Waals surface area (Å²) < 4.78 is 43.5. The number of rotatable bonds is 11. The Morgan fingerprint density at radius 3 is 2.13 bits per heavy atom. The Bertz CT molecular complexity index is 1400. The number of carbonyl (C=O) groups excluding carboxylic acids is 2. The number of hydrogen-bond donors (Lipinski definition) is 1. The Morgan fingerprint density at radius 1 is 0.923 bits per heavy atom. The van der Waals surface area contributed by atoms with E-state index in [1.54, 1.807) is 43.3 Å². The number of anilines is 1. The molecule has 1 N–H and O–H groups in total. The number of nitrogens with zero attached hydrogens (tertiary/aromatic N) is 2. The maximum Gasteiger partial charge on any atom is 0.264 e. The van der Waals surface area contributed by atoms with E-state index in [4.69, 9.17) is 0 Å². The van der Waals surface area contributed by atoms with Crippen LogP contribution in [0.3, 0.4) is 0 Å². The number of benzene rings is 3. The molecule has 0 aliphatic rings. The van der Waals surface area contributed by atoms with Gasteiger partial charge in [0.05, 0.1) is 10.6 Å². The fraction of sp³-hybridized carbons (Fsp3) is 0.333. The van der Waals surface area contributed by atoms with Crippen LogP contribution in [0.15, 0.2) is 71.6 Å². The first-order valence-electron chi connectivity index (χ1n) is 12.9.